The van der Waals surface area contributed by atoms with E-state index in [2.05, 4.69) is 36.6 Å². The summed E-state index contributed by atoms with van der Waals surface area (Å²) in [6, 6.07) is 9.34. The van der Waals surface area contributed by atoms with Gasteiger partial charge in [-0.25, -0.2) is 0 Å². The Kier molecular flexibility index (Phi) is 2.91. The number of benzene rings is 1. The number of hydrogen-bond acceptors (Lipinski definition) is 2. The van der Waals surface area contributed by atoms with E-state index in [0.717, 1.165) is 0 Å². The van der Waals surface area contributed by atoms with Crippen molar-refractivity contribution in [3.63, 3.8) is 0 Å². The van der Waals surface area contributed by atoms with Crippen molar-refractivity contribution >= 4 is 11.8 Å². The molecule has 0 amide bonds. The maximum absolute atomic E-state index is 3.39. The maximum atomic E-state index is 3.39. The van der Waals surface area contributed by atoms with Gasteiger partial charge in [-0.15, -0.1) is 0 Å². The predicted octanol–water partition coefficient (Wildman–Crippen LogP) is 2.58. The fourth-order valence-electron chi connectivity index (χ4n) is 1.84. The second-order valence-corrected chi connectivity index (χ2v) is 4.49. The van der Waals surface area contributed by atoms with Crippen LogP contribution in [0.5, 0.6) is 0 Å². The van der Waals surface area contributed by atoms with Gasteiger partial charge in [0.25, 0.3) is 0 Å². The molecule has 1 aliphatic heterocycles. The summed E-state index contributed by atoms with van der Waals surface area (Å²) in [4.78, 5) is 0. The number of nitrogens with one attached hydrogen (secondary N) is 1. The molecule has 0 spiro atoms. The molecule has 1 unspecified atom stereocenters. The molecule has 0 saturated heterocycles. The van der Waals surface area contributed by atoms with Crippen LogP contribution >= 0.6 is 11.8 Å². The first-order valence-corrected chi connectivity index (χ1v) is 5.90. The summed E-state index contributed by atoms with van der Waals surface area (Å²) in [5.74, 6) is 2.44. The molecular formula is C11H15NS. The van der Waals surface area contributed by atoms with Crippen LogP contribution in [0.15, 0.2) is 24.3 Å². The highest BCUT2D eigenvalue weighted by atomic mass is 32.2. The van der Waals surface area contributed by atoms with Gasteiger partial charge in [-0.3, -0.25) is 0 Å². The third-order valence-corrected chi connectivity index (χ3v) is 3.63. The van der Waals surface area contributed by atoms with E-state index in [9.17, 15) is 0 Å². The smallest absolute Gasteiger partial charge is 0.0328 e. The van der Waals surface area contributed by atoms with Crippen molar-refractivity contribution in [2.45, 2.75) is 18.2 Å². The maximum Gasteiger partial charge on any atom is 0.0328 e. The first kappa shape index (κ1) is 9.10. The van der Waals surface area contributed by atoms with Crippen LogP contribution in [0.3, 0.4) is 0 Å². The highest BCUT2D eigenvalue weighted by molar-refractivity contribution is 7.98. The highest BCUT2D eigenvalue weighted by Gasteiger charge is 2.15. The molecule has 13 heavy (non-hydrogen) atoms. The average molecular weight is 193 g/mol. The standard InChI is InChI=1S/C11H15NS/c1-12-11-6-7-13-8-9-4-2-3-5-10(9)11/h2-5,11-12H,6-8H2,1H3. The van der Waals surface area contributed by atoms with Gasteiger partial charge in [0.05, 0.1) is 0 Å². The molecule has 1 aromatic carbocycles. The molecule has 0 fully saturated rings. The molecule has 0 aromatic heterocycles. The van der Waals surface area contributed by atoms with Crippen LogP contribution in [-0.4, -0.2) is 12.8 Å². The molecule has 0 aliphatic carbocycles. The molecule has 1 aromatic rings. The summed E-state index contributed by atoms with van der Waals surface area (Å²) in [5, 5.41) is 3.39. The van der Waals surface area contributed by atoms with Crippen LogP contribution in [0.1, 0.15) is 23.6 Å². The molecule has 1 atom stereocenters. The van der Waals surface area contributed by atoms with Gasteiger partial charge in [0, 0.05) is 11.8 Å². The van der Waals surface area contributed by atoms with Crippen molar-refractivity contribution in [2.75, 3.05) is 12.8 Å². The molecule has 0 radical (unpaired) electrons. The van der Waals surface area contributed by atoms with Gasteiger partial charge in [-0.1, -0.05) is 24.3 Å². The van der Waals surface area contributed by atoms with Crippen LogP contribution in [0.4, 0.5) is 0 Å². The molecule has 70 valence electrons. The third-order valence-electron chi connectivity index (χ3n) is 2.59. The monoisotopic (exact) mass is 193 g/mol. The normalized spacial score (nSPS) is 22.1. The minimum Gasteiger partial charge on any atom is -0.313 e. The Morgan fingerprint density at radius 1 is 1.38 bits per heavy atom. The zero-order chi connectivity index (χ0) is 9.10. The Labute approximate surface area is 83.9 Å². The first-order chi connectivity index (χ1) is 6.42. The van der Waals surface area contributed by atoms with Gasteiger partial charge < -0.3 is 5.32 Å². The lowest BCUT2D eigenvalue weighted by Crippen LogP contribution is -2.17. The van der Waals surface area contributed by atoms with Crippen LogP contribution in [-0.2, 0) is 5.75 Å². The largest absolute Gasteiger partial charge is 0.313 e. The van der Waals surface area contributed by atoms with Crippen LogP contribution in [0.2, 0.25) is 0 Å². The molecule has 2 rings (SSSR count). The Balaban J connectivity index is 2.35. The van der Waals surface area contributed by atoms with E-state index in [1.165, 1.54) is 29.1 Å². The van der Waals surface area contributed by atoms with Crippen molar-refractivity contribution in [2.24, 2.45) is 0 Å². The zero-order valence-electron chi connectivity index (χ0n) is 7.92. The highest BCUT2D eigenvalue weighted by Crippen LogP contribution is 2.29. The predicted molar refractivity (Wildman–Crippen MR) is 59.0 cm³/mol. The van der Waals surface area contributed by atoms with E-state index >= 15 is 0 Å². The van der Waals surface area contributed by atoms with Crippen molar-refractivity contribution in [3.8, 4) is 0 Å². The Morgan fingerprint density at radius 2 is 2.23 bits per heavy atom. The van der Waals surface area contributed by atoms with Gasteiger partial charge >= 0.3 is 0 Å². The van der Waals surface area contributed by atoms with Crippen molar-refractivity contribution in [3.05, 3.63) is 35.4 Å². The van der Waals surface area contributed by atoms with Gasteiger partial charge in [0.2, 0.25) is 0 Å². The SMILES string of the molecule is CNC1CCSCc2ccccc21. The lowest BCUT2D eigenvalue weighted by atomic mass is 10.00. The molecule has 1 N–H and O–H groups in total. The second kappa shape index (κ2) is 4.16. The number of hydrogen-bond donors (Lipinski definition) is 1. The van der Waals surface area contributed by atoms with Gasteiger partial charge in [-0.2, -0.15) is 11.8 Å². The molecule has 1 nitrogen and oxygen atoms in total. The van der Waals surface area contributed by atoms with Crippen LogP contribution in [0, 0.1) is 0 Å². The van der Waals surface area contributed by atoms with Gasteiger partial charge in [-0.05, 0) is 30.3 Å². The summed E-state index contributed by atoms with van der Waals surface area (Å²) in [6.45, 7) is 0. The van der Waals surface area contributed by atoms with Crippen molar-refractivity contribution in [1.82, 2.24) is 5.32 Å². The zero-order valence-corrected chi connectivity index (χ0v) is 8.73. The van der Waals surface area contributed by atoms with Gasteiger partial charge in [0.15, 0.2) is 0 Å². The lowest BCUT2D eigenvalue weighted by Gasteiger charge is -2.15. The van der Waals surface area contributed by atoms with Crippen LogP contribution < -0.4 is 5.32 Å². The third kappa shape index (κ3) is 1.89. The van der Waals surface area contributed by atoms with E-state index < -0.39 is 0 Å². The van der Waals surface area contributed by atoms with Crippen molar-refractivity contribution in [1.29, 1.82) is 0 Å². The molecule has 1 aliphatic rings. The molecule has 1 heterocycles. The lowest BCUT2D eigenvalue weighted by molar-refractivity contribution is 0.581. The summed E-state index contributed by atoms with van der Waals surface area (Å²) in [7, 11) is 2.05. The molecule has 0 bridgehead atoms. The van der Waals surface area contributed by atoms with E-state index in [0.29, 0.717) is 6.04 Å². The number of thioether (sulfide) groups is 1. The molecular weight excluding hydrogens is 178 g/mol. The second-order valence-electron chi connectivity index (χ2n) is 3.38. The van der Waals surface area contributed by atoms with Gasteiger partial charge in [0.1, 0.15) is 0 Å². The first-order valence-electron chi connectivity index (χ1n) is 4.74. The Hall–Kier alpha value is -0.470. The average Bonchev–Trinajstić information content (AvgIpc) is 2.39. The molecule has 2 heteroatoms. The summed E-state index contributed by atoms with van der Waals surface area (Å²) >= 11 is 2.04. The van der Waals surface area contributed by atoms with Crippen molar-refractivity contribution < 1.29 is 0 Å². The topological polar surface area (TPSA) is 12.0 Å². The summed E-state index contributed by atoms with van der Waals surface area (Å²) in [5.41, 5.74) is 3.00. The summed E-state index contributed by atoms with van der Waals surface area (Å²) in [6.07, 6.45) is 1.25. The summed E-state index contributed by atoms with van der Waals surface area (Å²) < 4.78 is 0. The fraction of sp³-hybridized carbons (Fsp3) is 0.455. The quantitative estimate of drug-likeness (QED) is 0.735. The van der Waals surface area contributed by atoms with Crippen LogP contribution in [0.25, 0.3) is 0 Å². The Morgan fingerprint density at radius 3 is 3.08 bits per heavy atom. The fourth-order valence-corrected chi connectivity index (χ4v) is 2.87. The van der Waals surface area contributed by atoms with E-state index in [4.69, 9.17) is 0 Å². The van der Waals surface area contributed by atoms with E-state index in [1.54, 1.807) is 0 Å². The number of rotatable bonds is 1. The van der Waals surface area contributed by atoms with E-state index in [1.807, 2.05) is 11.8 Å². The Bertz CT molecular complexity index is 285. The molecule has 0 saturated carbocycles. The minimum absolute atomic E-state index is 0.561. The van der Waals surface area contributed by atoms with E-state index in [-0.39, 0.29) is 0 Å². The number of fused-ring (bicyclic) bond motifs is 1. The minimum atomic E-state index is 0.561.